The summed E-state index contributed by atoms with van der Waals surface area (Å²) in [5.41, 5.74) is -0.0954. The molecule has 0 unspecified atom stereocenters. The van der Waals surface area contributed by atoms with Gasteiger partial charge in [0.15, 0.2) is 0 Å². The molecule has 0 atom stereocenters. The third-order valence-electron chi connectivity index (χ3n) is 2.64. The molecule has 0 aliphatic rings. The fraction of sp³-hybridized carbons (Fsp3) is 0.636. The van der Waals surface area contributed by atoms with Crippen molar-refractivity contribution in [2.75, 3.05) is 24.2 Å². The maximum absolute atomic E-state index is 12.0. The Morgan fingerprint density at radius 2 is 1.95 bits per heavy atom. The highest BCUT2D eigenvalue weighted by molar-refractivity contribution is 5.60. The number of unbranched alkanes of at least 4 members (excludes halogenated alkanes) is 1. The Balaban J connectivity index is 2.69. The van der Waals surface area contributed by atoms with Crippen LogP contribution in [0.3, 0.4) is 0 Å². The highest BCUT2D eigenvalue weighted by Gasteiger charge is 2.26. The second kappa shape index (κ2) is 7.04. The summed E-state index contributed by atoms with van der Waals surface area (Å²) in [4.78, 5) is 18.2. The van der Waals surface area contributed by atoms with Crippen LogP contribution in [0.1, 0.15) is 25.0 Å². The Kier molecular flexibility index (Phi) is 5.68. The van der Waals surface area contributed by atoms with Gasteiger partial charge in [-0.1, -0.05) is 0 Å². The maximum atomic E-state index is 12.0. The molecule has 10 heteroatoms. The van der Waals surface area contributed by atoms with E-state index in [4.69, 9.17) is 0 Å². The highest BCUT2D eigenvalue weighted by Crippen LogP contribution is 2.27. The van der Waals surface area contributed by atoms with Crippen LogP contribution >= 0.6 is 0 Å². The average molecular weight is 307 g/mol. The molecule has 0 aromatic carbocycles. The number of hydrogen-bond acceptors (Lipinski definition) is 6. The molecule has 0 spiro atoms. The van der Waals surface area contributed by atoms with Crippen molar-refractivity contribution in [1.82, 2.24) is 9.97 Å². The summed E-state index contributed by atoms with van der Waals surface area (Å²) in [5, 5.41) is 16.3. The SMILES string of the molecule is CNc1nc(C)c([N+](=O)[O-])c(NCCCCC(F)(F)F)n1. The molecule has 0 aliphatic heterocycles. The van der Waals surface area contributed by atoms with Gasteiger partial charge in [0.1, 0.15) is 5.69 Å². The van der Waals surface area contributed by atoms with Gasteiger partial charge in [0.25, 0.3) is 0 Å². The molecule has 0 aliphatic carbocycles. The van der Waals surface area contributed by atoms with E-state index >= 15 is 0 Å². The van der Waals surface area contributed by atoms with Gasteiger partial charge >= 0.3 is 11.9 Å². The topological polar surface area (TPSA) is 93.0 Å². The van der Waals surface area contributed by atoms with Crippen LogP contribution < -0.4 is 10.6 Å². The molecule has 2 N–H and O–H groups in total. The summed E-state index contributed by atoms with van der Waals surface area (Å²) < 4.78 is 36.0. The number of nitrogens with one attached hydrogen (secondary N) is 2. The number of alkyl halides is 3. The largest absolute Gasteiger partial charge is 0.389 e. The van der Waals surface area contributed by atoms with Crippen molar-refractivity contribution in [3.63, 3.8) is 0 Å². The average Bonchev–Trinajstić information content (AvgIpc) is 2.35. The summed E-state index contributed by atoms with van der Waals surface area (Å²) >= 11 is 0. The minimum absolute atomic E-state index is 0.00357. The third-order valence-corrected chi connectivity index (χ3v) is 2.64. The first-order chi connectivity index (χ1) is 9.74. The molecular formula is C11H16F3N5O2. The Morgan fingerprint density at radius 1 is 1.29 bits per heavy atom. The van der Waals surface area contributed by atoms with E-state index in [2.05, 4.69) is 20.6 Å². The zero-order valence-electron chi connectivity index (χ0n) is 11.6. The summed E-state index contributed by atoms with van der Waals surface area (Å²) in [6, 6.07) is 0. The third kappa shape index (κ3) is 5.40. The smallest absolute Gasteiger partial charge is 0.364 e. The molecule has 0 amide bonds. The van der Waals surface area contributed by atoms with E-state index in [1.54, 1.807) is 7.05 Å². The Morgan fingerprint density at radius 3 is 2.48 bits per heavy atom. The predicted molar refractivity (Wildman–Crippen MR) is 71.4 cm³/mol. The van der Waals surface area contributed by atoms with Crippen molar-refractivity contribution >= 4 is 17.5 Å². The monoisotopic (exact) mass is 307 g/mol. The van der Waals surface area contributed by atoms with Gasteiger partial charge in [0.2, 0.25) is 11.8 Å². The molecule has 1 rings (SSSR count). The lowest BCUT2D eigenvalue weighted by Gasteiger charge is -2.10. The summed E-state index contributed by atoms with van der Waals surface area (Å²) in [5.74, 6) is 0.208. The van der Waals surface area contributed by atoms with Crippen molar-refractivity contribution < 1.29 is 18.1 Å². The zero-order chi connectivity index (χ0) is 16.0. The first kappa shape index (κ1) is 16.9. The second-order valence-corrected chi connectivity index (χ2v) is 4.34. The van der Waals surface area contributed by atoms with E-state index in [9.17, 15) is 23.3 Å². The fourth-order valence-corrected chi connectivity index (χ4v) is 1.68. The van der Waals surface area contributed by atoms with Crippen molar-refractivity contribution in [3.8, 4) is 0 Å². The molecule has 0 fully saturated rings. The van der Waals surface area contributed by atoms with Crippen LogP contribution in [0.5, 0.6) is 0 Å². The van der Waals surface area contributed by atoms with Crippen molar-refractivity contribution in [1.29, 1.82) is 0 Å². The first-order valence-corrected chi connectivity index (χ1v) is 6.26. The van der Waals surface area contributed by atoms with Crippen LogP contribution in [0.2, 0.25) is 0 Å². The fourth-order valence-electron chi connectivity index (χ4n) is 1.68. The summed E-state index contributed by atoms with van der Waals surface area (Å²) in [6.07, 6.45) is -4.88. The molecule has 0 saturated heterocycles. The van der Waals surface area contributed by atoms with Gasteiger partial charge in [-0.05, 0) is 19.8 Å². The number of rotatable bonds is 7. The Bertz CT molecular complexity index is 507. The number of hydrogen-bond donors (Lipinski definition) is 2. The van der Waals surface area contributed by atoms with E-state index in [0.29, 0.717) is 0 Å². The molecule has 21 heavy (non-hydrogen) atoms. The molecule has 0 saturated carbocycles. The predicted octanol–water partition coefficient (Wildman–Crippen LogP) is 2.88. The van der Waals surface area contributed by atoms with Crippen LogP contribution in [0.15, 0.2) is 0 Å². The van der Waals surface area contributed by atoms with Gasteiger partial charge in [0, 0.05) is 20.0 Å². The van der Waals surface area contributed by atoms with Gasteiger partial charge in [0.05, 0.1) is 4.92 Å². The number of nitro groups is 1. The van der Waals surface area contributed by atoms with E-state index in [1.165, 1.54) is 6.92 Å². The molecule has 1 heterocycles. The number of aromatic nitrogens is 2. The van der Waals surface area contributed by atoms with Crippen LogP contribution in [-0.4, -0.2) is 34.7 Å². The van der Waals surface area contributed by atoms with Crippen molar-refractivity contribution in [2.24, 2.45) is 0 Å². The summed E-state index contributed by atoms with van der Waals surface area (Å²) in [6.45, 7) is 1.63. The van der Waals surface area contributed by atoms with Crippen molar-refractivity contribution in [3.05, 3.63) is 15.8 Å². The lowest BCUT2D eigenvalue weighted by atomic mass is 10.2. The summed E-state index contributed by atoms with van der Waals surface area (Å²) in [7, 11) is 1.56. The number of nitrogens with zero attached hydrogens (tertiary/aromatic N) is 3. The molecule has 1 aromatic rings. The normalized spacial score (nSPS) is 11.3. The van der Waals surface area contributed by atoms with E-state index in [0.717, 1.165) is 0 Å². The van der Waals surface area contributed by atoms with E-state index < -0.39 is 17.5 Å². The number of anilines is 2. The second-order valence-electron chi connectivity index (χ2n) is 4.34. The van der Waals surface area contributed by atoms with Gasteiger partial charge < -0.3 is 10.6 Å². The molecule has 0 radical (unpaired) electrons. The minimum atomic E-state index is -4.18. The molecule has 1 aromatic heterocycles. The maximum Gasteiger partial charge on any atom is 0.389 e. The van der Waals surface area contributed by atoms with E-state index in [1.807, 2.05) is 0 Å². The van der Waals surface area contributed by atoms with Crippen LogP contribution in [0, 0.1) is 17.0 Å². The van der Waals surface area contributed by atoms with Crippen LogP contribution in [0.4, 0.5) is 30.6 Å². The molecule has 7 nitrogen and oxygen atoms in total. The van der Waals surface area contributed by atoms with E-state index in [-0.39, 0.29) is 42.5 Å². The molecule has 118 valence electrons. The number of aryl methyl sites for hydroxylation is 1. The quantitative estimate of drug-likeness (QED) is 0.457. The van der Waals surface area contributed by atoms with Gasteiger partial charge in [-0.3, -0.25) is 10.1 Å². The van der Waals surface area contributed by atoms with Crippen LogP contribution in [-0.2, 0) is 0 Å². The lowest BCUT2D eigenvalue weighted by Crippen LogP contribution is -2.12. The van der Waals surface area contributed by atoms with Gasteiger partial charge in [-0.15, -0.1) is 0 Å². The minimum Gasteiger partial charge on any atom is -0.364 e. The molecule has 0 bridgehead atoms. The van der Waals surface area contributed by atoms with Gasteiger partial charge in [-0.2, -0.15) is 18.2 Å². The number of halogens is 3. The standard InChI is InChI=1S/C11H16F3N5O2/c1-7-8(19(20)21)9(18-10(15-2)17-7)16-6-4-3-5-11(12,13)14/h3-6H2,1-2H3,(H2,15,16,17,18). The first-order valence-electron chi connectivity index (χ1n) is 6.26. The zero-order valence-corrected chi connectivity index (χ0v) is 11.6. The van der Waals surface area contributed by atoms with Crippen molar-refractivity contribution in [2.45, 2.75) is 32.4 Å². The Hall–Kier alpha value is -2.13. The lowest BCUT2D eigenvalue weighted by molar-refractivity contribution is -0.385. The van der Waals surface area contributed by atoms with Crippen LogP contribution in [0.25, 0.3) is 0 Å². The Labute approximate surface area is 119 Å². The van der Waals surface area contributed by atoms with Gasteiger partial charge in [-0.25, -0.2) is 4.98 Å². The molecular weight excluding hydrogens is 291 g/mol. The highest BCUT2D eigenvalue weighted by atomic mass is 19.4.